The number of hydrogen-bond acceptors (Lipinski definition) is 3. The van der Waals surface area contributed by atoms with Crippen LogP contribution in [-0.2, 0) is 10.2 Å². The second-order valence-corrected chi connectivity index (χ2v) is 6.87. The summed E-state index contributed by atoms with van der Waals surface area (Å²) in [6.07, 6.45) is 1.76. The molecule has 1 amide bonds. The van der Waals surface area contributed by atoms with Crippen molar-refractivity contribution in [2.24, 2.45) is 0 Å². The van der Waals surface area contributed by atoms with E-state index in [1.165, 1.54) is 0 Å². The number of fused-ring (bicyclic) bond motifs is 1. The van der Waals surface area contributed by atoms with Crippen LogP contribution in [0.1, 0.15) is 24.3 Å². The zero-order valence-electron chi connectivity index (χ0n) is 12.6. The molecular formula is C18H15BrN2O2. The van der Waals surface area contributed by atoms with Crippen LogP contribution in [0.3, 0.4) is 0 Å². The number of carbonyl (C=O) groups is 1. The number of benzene rings is 2. The van der Waals surface area contributed by atoms with E-state index < -0.39 is 5.41 Å². The van der Waals surface area contributed by atoms with Gasteiger partial charge in [0, 0.05) is 17.1 Å². The van der Waals surface area contributed by atoms with Crippen molar-refractivity contribution in [2.45, 2.75) is 25.2 Å². The van der Waals surface area contributed by atoms with Gasteiger partial charge in [0.25, 0.3) is 0 Å². The summed E-state index contributed by atoms with van der Waals surface area (Å²) in [5, 5.41) is 3.03. The first-order valence-electron chi connectivity index (χ1n) is 7.52. The first kappa shape index (κ1) is 14.5. The predicted molar refractivity (Wildman–Crippen MR) is 92.4 cm³/mol. The smallest absolute Gasteiger partial charge is 0.235 e. The van der Waals surface area contributed by atoms with Gasteiger partial charge < -0.3 is 9.73 Å². The summed E-state index contributed by atoms with van der Waals surface area (Å²) in [4.78, 5) is 17.1. The Morgan fingerprint density at radius 1 is 1.22 bits per heavy atom. The van der Waals surface area contributed by atoms with Crippen molar-refractivity contribution in [3.63, 3.8) is 0 Å². The fraction of sp³-hybridized carbons (Fsp3) is 0.222. The summed E-state index contributed by atoms with van der Waals surface area (Å²) < 4.78 is 6.48. The summed E-state index contributed by atoms with van der Waals surface area (Å²) in [6.45, 7) is 1.81. The molecule has 0 radical (unpaired) electrons. The Kier molecular flexibility index (Phi) is 3.27. The molecule has 1 N–H and O–H groups in total. The van der Waals surface area contributed by atoms with E-state index in [9.17, 15) is 4.79 Å². The second kappa shape index (κ2) is 5.20. The van der Waals surface area contributed by atoms with Crippen molar-refractivity contribution >= 4 is 38.6 Å². The largest absolute Gasteiger partial charge is 0.441 e. The number of hydrogen-bond donors (Lipinski definition) is 1. The average molecular weight is 371 g/mol. The number of rotatable bonds is 3. The Morgan fingerprint density at radius 3 is 2.65 bits per heavy atom. The van der Waals surface area contributed by atoms with Crippen LogP contribution in [-0.4, -0.2) is 10.9 Å². The van der Waals surface area contributed by atoms with Gasteiger partial charge in [-0.05, 0) is 48.7 Å². The van der Waals surface area contributed by atoms with Crippen LogP contribution in [0.25, 0.3) is 11.1 Å². The lowest BCUT2D eigenvalue weighted by Crippen LogP contribution is -2.27. The molecule has 0 saturated heterocycles. The molecule has 1 aliphatic rings. The zero-order valence-corrected chi connectivity index (χ0v) is 14.2. The molecule has 3 aromatic rings. The molecule has 1 fully saturated rings. The van der Waals surface area contributed by atoms with Gasteiger partial charge in [0.05, 0.1) is 5.41 Å². The Morgan fingerprint density at radius 2 is 1.96 bits per heavy atom. The Bertz CT molecular complexity index is 895. The lowest BCUT2D eigenvalue weighted by molar-refractivity contribution is -0.118. The van der Waals surface area contributed by atoms with E-state index in [0.717, 1.165) is 39.7 Å². The molecule has 2 aromatic carbocycles. The highest BCUT2D eigenvalue weighted by molar-refractivity contribution is 9.10. The molecule has 0 atom stereocenters. The summed E-state index contributed by atoms with van der Waals surface area (Å²) in [5.74, 6) is 0.663. The van der Waals surface area contributed by atoms with Crippen molar-refractivity contribution in [3.8, 4) is 0 Å². The van der Waals surface area contributed by atoms with Gasteiger partial charge in [-0.1, -0.05) is 28.1 Å². The lowest BCUT2D eigenvalue weighted by Gasteiger charge is -2.16. The molecule has 5 heteroatoms. The number of nitrogens with zero attached hydrogens (tertiary/aromatic N) is 1. The molecule has 1 saturated carbocycles. The maximum Gasteiger partial charge on any atom is 0.235 e. The topological polar surface area (TPSA) is 55.1 Å². The lowest BCUT2D eigenvalue weighted by atomic mass is 9.95. The van der Waals surface area contributed by atoms with Crippen molar-refractivity contribution in [2.75, 3.05) is 5.32 Å². The Hall–Kier alpha value is -2.14. The van der Waals surface area contributed by atoms with Gasteiger partial charge >= 0.3 is 0 Å². The van der Waals surface area contributed by atoms with Crippen LogP contribution in [0.4, 0.5) is 5.69 Å². The molecule has 116 valence electrons. The number of nitrogens with one attached hydrogen (secondary N) is 1. The van der Waals surface area contributed by atoms with Crippen molar-refractivity contribution < 1.29 is 9.21 Å². The number of halogens is 1. The quantitative estimate of drug-likeness (QED) is 0.734. The number of oxazole rings is 1. The fourth-order valence-corrected chi connectivity index (χ4v) is 3.18. The molecule has 23 heavy (non-hydrogen) atoms. The molecule has 0 aliphatic heterocycles. The van der Waals surface area contributed by atoms with E-state index >= 15 is 0 Å². The van der Waals surface area contributed by atoms with Crippen molar-refractivity contribution in [3.05, 3.63) is 58.4 Å². The van der Waals surface area contributed by atoms with Crippen LogP contribution < -0.4 is 5.32 Å². The van der Waals surface area contributed by atoms with E-state index in [-0.39, 0.29) is 5.91 Å². The molecule has 1 heterocycles. The first-order chi connectivity index (χ1) is 11.1. The summed E-state index contributed by atoms with van der Waals surface area (Å²) in [5.41, 5.74) is 2.91. The first-order valence-corrected chi connectivity index (χ1v) is 8.31. The predicted octanol–water partition coefficient (Wildman–Crippen LogP) is 4.57. The minimum absolute atomic E-state index is 0.0411. The summed E-state index contributed by atoms with van der Waals surface area (Å²) >= 11 is 3.43. The SMILES string of the molecule is Cc1nc2cc(NC(=O)C3(c4ccc(Br)cc4)CC3)ccc2o1. The Labute approximate surface area is 142 Å². The van der Waals surface area contributed by atoms with Crippen LogP contribution in [0.5, 0.6) is 0 Å². The molecule has 0 bridgehead atoms. The van der Waals surface area contributed by atoms with E-state index in [0.29, 0.717) is 5.89 Å². The van der Waals surface area contributed by atoms with E-state index in [2.05, 4.69) is 26.2 Å². The normalized spacial score (nSPS) is 15.6. The summed E-state index contributed by atoms with van der Waals surface area (Å²) in [6, 6.07) is 13.5. The fourth-order valence-electron chi connectivity index (χ4n) is 2.91. The van der Waals surface area contributed by atoms with Gasteiger partial charge in [0.1, 0.15) is 5.52 Å². The monoisotopic (exact) mass is 370 g/mol. The summed E-state index contributed by atoms with van der Waals surface area (Å²) in [7, 11) is 0. The van der Waals surface area contributed by atoms with E-state index in [4.69, 9.17) is 4.42 Å². The maximum absolute atomic E-state index is 12.8. The van der Waals surface area contributed by atoms with E-state index in [1.807, 2.05) is 49.4 Å². The third-order valence-corrected chi connectivity index (χ3v) is 4.86. The third kappa shape index (κ3) is 2.55. The number of aromatic nitrogens is 1. The number of anilines is 1. The van der Waals surface area contributed by atoms with Gasteiger partial charge in [-0.15, -0.1) is 0 Å². The van der Waals surface area contributed by atoms with Gasteiger partial charge in [0.2, 0.25) is 5.91 Å². The number of aryl methyl sites for hydroxylation is 1. The van der Waals surface area contributed by atoms with Crippen LogP contribution in [0, 0.1) is 6.92 Å². The molecule has 1 aliphatic carbocycles. The van der Waals surface area contributed by atoms with Crippen molar-refractivity contribution in [1.82, 2.24) is 4.98 Å². The standard InChI is InChI=1S/C18H15BrN2O2/c1-11-20-15-10-14(6-7-16(15)23-11)21-17(22)18(8-9-18)12-2-4-13(19)5-3-12/h2-7,10H,8-9H2,1H3,(H,21,22). The highest BCUT2D eigenvalue weighted by Gasteiger charge is 2.51. The molecule has 0 spiro atoms. The van der Waals surface area contributed by atoms with Crippen LogP contribution in [0.15, 0.2) is 51.4 Å². The maximum atomic E-state index is 12.8. The minimum Gasteiger partial charge on any atom is -0.441 e. The molecule has 4 nitrogen and oxygen atoms in total. The van der Waals surface area contributed by atoms with Crippen LogP contribution in [0.2, 0.25) is 0 Å². The molecule has 1 aromatic heterocycles. The van der Waals surface area contributed by atoms with Gasteiger partial charge in [-0.25, -0.2) is 4.98 Å². The minimum atomic E-state index is -0.393. The van der Waals surface area contributed by atoms with Crippen LogP contribution >= 0.6 is 15.9 Å². The average Bonchev–Trinajstić information content (AvgIpc) is 3.25. The van der Waals surface area contributed by atoms with E-state index in [1.54, 1.807) is 0 Å². The number of amides is 1. The zero-order chi connectivity index (χ0) is 16.0. The number of carbonyl (C=O) groups excluding carboxylic acids is 1. The highest BCUT2D eigenvalue weighted by Crippen LogP contribution is 2.49. The molecule has 0 unspecified atom stereocenters. The molecule has 4 rings (SSSR count). The molecular weight excluding hydrogens is 356 g/mol. The Balaban J connectivity index is 1.59. The highest BCUT2D eigenvalue weighted by atomic mass is 79.9. The van der Waals surface area contributed by atoms with Crippen molar-refractivity contribution in [1.29, 1.82) is 0 Å². The third-order valence-electron chi connectivity index (χ3n) is 4.33. The second-order valence-electron chi connectivity index (χ2n) is 5.96. The van der Waals surface area contributed by atoms with Gasteiger partial charge in [-0.3, -0.25) is 4.79 Å². The van der Waals surface area contributed by atoms with Gasteiger partial charge in [0.15, 0.2) is 11.5 Å². The van der Waals surface area contributed by atoms with Gasteiger partial charge in [-0.2, -0.15) is 0 Å².